The molecule has 2 rings (SSSR count). The predicted octanol–water partition coefficient (Wildman–Crippen LogP) is 0.832. The van der Waals surface area contributed by atoms with Crippen molar-refractivity contribution in [3.05, 3.63) is 35.9 Å². The molecule has 1 aliphatic rings. The van der Waals surface area contributed by atoms with Gasteiger partial charge in [-0.3, -0.25) is 14.4 Å². The minimum Gasteiger partial charge on any atom is -0.480 e. The molecular weight excluding hydrogens is 424 g/mol. The molecule has 1 aromatic rings. The van der Waals surface area contributed by atoms with E-state index in [1.54, 1.807) is 13.8 Å². The summed E-state index contributed by atoms with van der Waals surface area (Å²) in [5, 5.41) is 20.7. The molecule has 1 heterocycles. The van der Waals surface area contributed by atoms with E-state index in [2.05, 4.69) is 21.3 Å². The Hall–Kier alpha value is -2.94. The average molecular weight is 461 g/mol. The van der Waals surface area contributed by atoms with E-state index >= 15 is 0 Å². The molecule has 0 saturated carbocycles. The molecule has 0 spiro atoms. The highest BCUT2D eigenvalue weighted by molar-refractivity contribution is 5.94. The van der Waals surface area contributed by atoms with Gasteiger partial charge in [-0.15, -0.1) is 0 Å². The second kappa shape index (κ2) is 12.3. The zero-order valence-electron chi connectivity index (χ0n) is 19.8. The van der Waals surface area contributed by atoms with Gasteiger partial charge >= 0.3 is 5.97 Å². The third-order valence-electron chi connectivity index (χ3n) is 5.77. The second-order valence-corrected chi connectivity index (χ2v) is 9.20. The van der Waals surface area contributed by atoms with Crippen LogP contribution >= 0.6 is 0 Å². The average Bonchev–Trinajstić information content (AvgIpc) is 3.30. The maximum absolute atomic E-state index is 13.2. The van der Waals surface area contributed by atoms with E-state index in [0.29, 0.717) is 6.42 Å². The Morgan fingerprint density at radius 2 is 1.58 bits per heavy atom. The van der Waals surface area contributed by atoms with E-state index < -0.39 is 35.9 Å². The van der Waals surface area contributed by atoms with Crippen LogP contribution in [0.25, 0.3) is 0 Å². The molecule has 33 heavy (non-hydrogen) atoms. The second-order valence-electron chi connectivity index (χ2n) is 9.20. The fourth-order valence-corrected chi connectivity index (χ4v) is 3.79. The van der Waals surface area contributed by atoms with Crippen molar-refractivity contribution in [2.45, 2.75) is 71.1 Å². The van der Waals surface area contributed by atoms with Gasteiger partial charge in [0.2, 0.25) is 17.7 Å². The molecule has 0 aliphatic carbocycles. The first-order valence-corrected chi connectivity index (χ1v) is 11.5. The molecule has 5 N–H and O–H groups in total. The van der Waals surface area contributed by atoms with Crippen molar-refractivity contribution in [2.24, 2.45) is 11.8 Å². The standard InChI is InChI=1S/C24H36N4O5/c1-14(2)19(27-21(29)17-11-8-12-25-17)23(31)26-18(13-16-9-6-5-7-10-16)22(30)28-20(15(3)4)24(32)33/h5-7,9-10,14-15,17-20,25H,8,11-13H2,1-4H3,(H,26,31)(H,27,29)(H,28,30)(H,32,33). The highest BCUT2D eigenvalue weighted by Gasteiger charge is 2.33. The Balaban J connectivity index is 2.18. The predicted molar refractivity (Wildman–Crippen MR) is 124 cm³/mol. The van der Waals surface area contributed by atoms with Crippen LogP contribution in [0.5, 0.6) is 0 Å². The van der Waals surface area contributed by atoms with E-state index in [9.17, 15) is 24.3 Å². The van der Waals surface area contributed by atoms with Gasteiger partial charge in [0.1, 0.15) is 18.1 Å². The van der Waals surface area contributed by atoms with Crippen molar-refractivity contribution in [3.8, 4) is 0 Å². The summed E-state index contributed by atoms with van der Waals surface area (Å²) in [6.07, 6.45) is 1.80. The quantitative estimate of drug-likeness (QED) is 0.332. The number of carboxylic acid groups (broad SMARTS) is 1. The van der Waals surface area contributed by atoms with E-state index in [1.807, 2.05) is 44.2 Å². The van der Waals surface area contributed by atoms with Crippen LogP contribution in [0.4, 0.5) is 0 Å². The Morgan fingerprint density at radius 1 is 0.939 bits per heavy atom. The first-order chi connectivity index (χ1) is 15.6. The molecule has 4 unspecified atom stereocenters. The lowest BCUT2D eigenvalue weighted by Gasteiger charge is -2.27. The number of aliphatic carboxylic acids is 1. The number of hydrogen-bond donors (Lipinski definition) is 5. The smallest absolute Gasteiger partial charge is 0.326 e. The number of nitrogens with one attached hydrogen (secondary N) is 4. The van der Waals surface area contributed by atoms with Crippen LogP contribution in [0.3, 0.4) is 0 Å². The lowest BCUT2D eigenvalue weighted by Crippen LogP contribution is -2.59. The zero-order chi connectivity index (χ0) is 24.5. The van der Waals surface area contributed by atoms with Crippen LogP contribution in [-0.4, -0.2) is 59.5 Å². The van der Waals surface area contributed by atoms with Crippen LogP contribution in [0, 0.1) is 11.8 Å². The summed E-state index contributed by atoms with van der Waals surface area (Å²) in [5.41, 5.74) is 0.815. The molecule has 3 amide bonds. The molecule has 4 atom stereocenters. The van der Waals surface area contributed by atoms with Crippen molar-refractivity contribution in [1.82, 2.24) is 21.3 Å². The maximum Gasteiger partial charge on any atom is 0.326 e. The van der Waals surface area contributed by atoms with Gasteiger partial charge in [-0.1, -0.05) is 58.0 Å². The van der Waals surface area contributed by atoms with Gasteiger partial charge in [0.25, 0.3) is 0 Å². The van der Waals surface area contributed by atoms with Crippen molar-refractivity contribution in [2.75, 3.05) is 6.54 Å². The molecule has 0 aromatic heterocycles. The van der Waals surface area contributed by atoms with Crippen molar-refractivity contribution >= 4 is 23.7 Å². The Bertz CT molecular complexity index is 821. The van der Waals surface area contributed by atoms with Gasteiger partial charge in [-0.05, 0) is 36.8 Å². The largest absolute Gasteiger partial charge is 0.480 e. The highest BCUT2D eigenvalue weighted by Crippen LogP contribution is 2.10. The van der Waals surface area contributed by atoms with Gasteiger partial charge in [0.15, 0.2) is 0 Å². The number of benzene rings is 1. The molecule has 1 fully saturated rings. The molecule has 9 heteroatoms. The zero-order valence-corrected chi connectivity index (χ0v) is 19.8. The lowest BCUT2D eigenvalue weighted by atomic mass is 9.99. The number of rotatable bonds is 11. The molecule has 9 nitrogen and oxygen atoms in total. The van der Waals surface area contributed by atoms with Gasteiger partial charge < -0.3 is 26.4 Å². The number of carbonyl (C=O) groups excluding carboxylic acids is 3. The summed E-state index contributed by atoms with van der Waals surface area (Å²) in [6.45, 7) is 7.79. The minimum atomic E-state index is -1.14. The van der Waals surface area contributed by atoms with E-state index in [1.165, 1.54) is 0 Å². The van der Waals surface area contributed by atoms with Crippen molar-refractivity contribution < 1.29 is 24.3 Å². The van der Waals surface area contributed by atoms with Gasteiger partial charge in [-0.25, -0.2) is 4.79 Å². The summed E-state index contributed by atoms with van der Waals surface area (Å²) >= 11 is 0. The summed E-state index contributed by atoms with van der Waals surface area (Å²) in [6, 6.07) is 5.92. The van der Waals surface area contributed by atoms with Crippen LogP contribution in [0.2, 0.25) is 0 Å². The SMILES string of the molecule is CC(C)C(NC(=O)C(Cc1ccccc1)NC(=O)C(NC(=O)C1CCCN1)C(C)C)C(=O)O. The minimum absolute atomic E-state index is 0.186. The van der Waals surface area contributed by atoms with Crippen LogP contribution < -0.4 is 21.3 Å². The van der Waals surface area contributed by atoms with Crippen LogP contribution in [0.15, 0.2) is 30.3 Å². The fourth-order valence-electron chi connectivity index (χ4n) is 3.79. The normalized spacial score (nSPS) is 18.4. The van der Waals surface area contributed by atoms with Gasteiger partial charge in [0.05, 0.1) is 6.04 Å². The molecule has 1 saturated heterocycles. The summed E-state index contributed by atoms with van der Waals surface area (Å²) < 4.78 is 0. The number of carbonyl (C=O) groups is 4. The van der Waals surface area contributed by atoms with Gasteiger partial charge in [-0.2, -0.15) is 0 Å². The number of hydrogen-bond acceptors (Lipinski definition) is 5. The van der Waals surface area contributed by atoms with E-state index in [4.69, 9.17) is 0 Å². The third-order valence-corrected chi connectivity index (χ3v) is 5.77. The first-order valence-electron chi connectivity index (χ1n) is 11.5. The van der Waals surface area contributed by atoms with Crippen LogP contribution in [-0.2, 0) is 25.6 Å². The monoisotopic (exact) mass is 460 g/mol. The van der Waals surface area contributed by atoms with Crippen molar-refractivity contribution in [3.63, 3.8) is 0 Å². The number of amides is 3. The molecule has 1 aromatic carbocycles. The molecule has 0 bridgehead atoms. The summed E-state index contributed by atoms with van der Waals surface area (Å²) in [5.74, 6) is -2.99. The topological polar surface area (TPSA) is 137 Å². The molecule has 182 valence electrons. The molecular formula is C24H36N4O5. The Kier molecular flexibility index (Phi) is 9.84. The highest BCUT2D eigenvalue weighted by atomic mass is 16.4. The lowest BCUT2D eigenvalue weighted by molar-refractivity contribution is -0.143. The van der Waals surface area contributed by atoms with Crippen LogP contribution in [0.1, 0.15) is 46.1 Å². The molecule has 1 aliphatic heterocycles. The molecule has 0 radical (unpaired) electrons. The van der Waals surface area contributed by atoms with E-state index in [0.717, 1.165) is 18.5 Å². The maximum atomic E-state index is 13.2. The van der Waals surface area contributed by atoms with Crippen molar-refractivity contribution in [1.29, 1.82) is 0 Å². The fraction of sp³-hybridized carbons (Fsp3) is 0.583. The third kappa shape index (κ3) is 7.85. The van der Waals surface area contributed by atoms with E-state index in [-0.39, 0.29) is 30.2 Å². The first kappa shape index (κ1) is 26.3. The Labute approximate surface area is 195 Å². The summed E-state index contributed by atoms with van der Waals surface area (Å²) in [7, 11) is 0. The van der Waals surface area contributed by atoms with Gasteiger partial charge in [0, 0.05) is 6.42 Å². The summed E-state index contributed by atoms with van der Waals surface area (Å²) in [4.78, 5) is 50.3. The number of carboxylic acids is 1. The Morgan fingerprint density at radius 3 is 2.09 bits per heavy atom.